The van der Waals surface area contributed by atoms with E-state index >= 15 is 0 Å². The average Bonchev–Trinajstić information content (AvgIpc) is 2.53. The smallest absolute Gasteiger partial charge is 0.662 e. The van der Waals surface area contributed by atoms with E-state index in [9.17, 15) is 0 Å². The molecular formula is C10H21KN2. The van der Waals surface area contributed by atoms with Crippen LogP contribution in [0.15, 0.2) is 0 Å². The van der Waals surface area contributed by atoms with Crippen LogP contribution in [0.2, 0.25) is 0 Å². The van der Waals surface area contributed by atoms with Crippen molar-refractivity contribution < 1.29 is 51.4 Å². The maximum Gasteiger partial charge on any atom is 1.00 e. The summed E-state index contributed by atoms with van der Waals surface area (Å²) in [5, 5.41) is 4.40. The quantitative estimate of drug-likeness (QED) is 0.512. The van der Waals surface area contributed by atoms with Crippen molar-refractivity contribution in [1.29, 1.82) is 0 Å². The first-order chi connectivity index (χ1) is 5.85. The van der Waals surface area contributed by atoms with Crippen LogP contribution in [0, 0.1) is 5.41 Å². The first-order valence-corrected chi connectivity index (χ1v) is 5.20. The van der Waals surface area contributed by atoms with E-state index in [0.717, 1.165) is 13.1 Å². The van der Waals surface area contributed by atoms with Gasteiger partial charge >= 0.3 is 51.4 Å². The van der Waals surface area contributed by atoms with Crippen LogP contribution < -0.4 is 51.4 Å². The Balaban J connectivity index is 0.000000451. The van der Waals surface area contributed by atoms with Crippen LogP contribution in [0.1, 0.15) is 27.2 Å². The molecule has 2 saturated heterocycles. The SMILES string of the molecule is CC.CCN1CC2(CC[N-]C2)C1.[K+]. The van der Waals surface area contributed by atoms with Crippen LogP contribution in [0.3, 0.4) is 0 Å². The predicted octanol–water partition coefficient (Wildman–Crippen LogP) is -0.884. The van der Waals surface area contributed by atoms with Crippen molar-refractivity contribution in [2.24, 2.45) is 5.41 Å². The van der Waals surface area contributed by atoms with Gasteiger partial charge in [0.15, 0.2) is 0 Å². The molecular weight excluding hydrogens is 187 g/mol. The maximum absolute atomic E-state index is 4.40. The second-order valence-electron chi connectivity index (χ2n) is 3.66. The van der Waals surface area contributed by atoms with Gasteiger partial charge in [-0.2, -0.15) is 0 Å². The first kappa shape index (κ1) is 14.6. The van der Waals surface area contributed by atoms with Crippen LogP contribution in [-0.4, -0.2) is 37.6 Å². The third-order valence-corrected chi connectivity index (χ3v) is 2.81. The second-order valence-corrected chi connectivity index (χ2v) is 3.66. The molecule has 1 spiro atoms. The van der Waals surface area contributed by atoms with Gasteiger partial charge in [-0.25, -0.2) is 0 Å². The molecule has 0 bridgehead atoms. The molecule has 2 aliphatic heterocycles. The third kappa shape index (κ3) is 3.56. The minimum Gasteiger partial charge on any atom is -0.662 e. The average molecular weight is 208 g/mol. The fraction of sp³-hybridized carbons (Fsp3) is 1.00. The zero-order valence-electron chi connectivity index (χ0n) is 9.64. The molecule has 0 aromatic rings. The van der Waals surface area contributed by atoms with E-state index < -0.39 is 0 Å². The van der Waals surface area contributed by atoms with Crippen LogP contribution in [0.25, 0.3) is 5.32 Å². The summed E-state index contributed by atoms with van der Waals surface area (Å²) in [6.45, 7) is 12.3. The summed E-state index contributed by atoms with van der Waals surface area (Å²) in [7, 11) is 0. The van der Waals surface area contributed by atoms with Gasteiger partial charge in [0.05, 0.1) is 0 Å². The topological polar surface area (TPSA) is 17.3 Å². The van der Waals surface area contributed by atoms with Gasteiger partial charge in [-0.05, 0) is 12.0 Å². The molecule has 13 heavy (non-hydrogen) atoms. The summed E-state index contributed by atoms with van der Waals surface area (Å²) in [4.78, 5) is 2.50. The number of likely N-dealkylation sites (tertiary alicyclic amines) is 1. The Kier molecular flexibility index (Phi) is 7.76. The Morgan fingerprint density at radius 2 is 1.92 bits per heavy atom. The van der Waals surface area contributed by atoms with E-state index in [1.54, 1.807) is 0 Å². The zero-order valence-corrected chi connectivity index (χ0v) is 12.8. The van der Waals surface area contributed by atoms with Gasteiger partial charge in [0.25, 0.3) is 0 Å². The van der Waals surface area contributed by atoms with Crippen molar-refractivity contribution in [3.63, 3.8) is 0 Å². The van der Waals surface area contributed by atoms with E-state index in [-0.39, 0.29) is 51.4 Å². The van der Waals surface area contributed by atoms with Crippen molar-refractivity contribution >= 4 is 0 Å². The zero-order chi connectivity index (χ0) is 9.03. The number of hydrogen-bond donors (Lipinski definition) is 0. The van der Waals surface area contributed by atoms with Crippen molar-refractivity contribution in [1.82, 2.24) is 4.90 Å². The van der Waals surface area contributed by atoms with Crippen LogP contribution >= 0.6 is 0 Å². The third-order valence-electron chi connectivity index (χ3n) is 2.81. The first-order valence-electron chi connectivity index (χ1n) is 5.20. The van der Waals surface area contributed by atoms with E-state index in [1.165, 1.54) is 26.1 Å². The minimum absolute atomic E-state index is 0. The molecule has 72 valence electrons. The van der Waals surface area contributed by atoms with E-state index in [0.29, 0.717) is 5.41 Å². The summed E-state index contributed by atoms with van der Waals surface area (Å²) >= 11 is 0. The summed E-state index contributed by atoms with van der Waals surface area (Å²) in [5.74, 6) is 0. The van der Waals surface area contributed by atoms with Crippen LogP contribution in [0.5, 0.6) is 0 Å². The molecule has 0 aliphatic carbocycles. The monoisotopic (exact) mass is 208 g/mol. The Morgan fingerprint density at radius 1 is 1.31 bits per heavy atom. The Hall–Kier alpha value is 1.56. The molecule has 0 aromatic carbocycles. The summed E-state index contributed by atoms with van der Waals surface area (Å²) in [6, 6.07) is 0. The molecule has 0 saturated carbocycles. The Labute approximate surface area is 125 Å². The number of hydrogen-bond acceptors (Lipinski definition) is 1. The largest absolute Gasteiger partial charge is 1.00 e. The van der Waals surface area contributed by atoms with Crippen molar-refractivity contribution in [3.8, 4) is 0 Å². The number of rotatable bonds is 1. The molecule has 2 nitrogen and oxygen atoms in total. The standard InChI is InChI=1S/C8H15N2.C2H6.K/c1-2-10-6-8(7-10)3-4-9-5-8;1-2;/h2-7H2,1H3;1-2H3;/q-1;;+1. The molecule has 0 radical (unpaired) electrons. The second kappa shape index (κ2) is 6.93. The van der Waals surface area contributed by atoms with E-state index in [2.05, 4.69) is 17.1 Å². The van der Waals surface area contributed by atoms with Crippen LogP contribution in [-0.2, 0) is 0 Å². The number of nitrogens with zero attached hydrogens (tertiary/aromatic N) is 2. The summed E-state index contributed by atoms with van der Waals surface area (Å²) in [5.41, 5.74) is 0.649. The van der Waals surface area contributed by atoms with Gasteiger partial charge in [-0.3, -0.25) is 0 Å². The molecule has 2 aliphatic rings. The summed E-state index contributed by atoms with van der Waals surface area (Å²) < 4.78 is 0. The van der Waals surface area contributed by atoms with Gasteiger partial charge < -0.3 is 10.2 Å². The molecule has 0 amide bonds. The van der Waals surface area contributed by atoms with Gasteiger partial charge in [-0.15, -0.1) is 13.1 Å². The van der Waals surface area contributed by atoms with Gasteiger partial charge in [0.1, 0.15) is 0 Å². The molecule has 0 unspecified atom stereocenters. The fourth-order valence-corrected chi connectivity index (χ4v) is 2.10. The fourth-order valence-electron chi connectivity index (χ4n) is 2.10. The summed E-state index contributed by atoms with van der Waals surface area (Å²) in [6.07, 6.45) is 1.35. The van der Waals surface area contributed by atoms with Gasteiger partial charge in [-0.1, -0.05) is 27.2 Å². The van der Waals surface area contributed by atoms with Crippen molar-refractivity contribution in [2.45, 2.75) is 27.2 Å². The van der Waals surface area contributed by atoms with Gasteiger partial charge in [0, 0.05) is 13.1 Å². The molecule has 3 heteroatoms. The van der Waals surface area contributed by atoms with Crippen LogP contribution in [0.4, 0.5) is 0 Å². The molecule has 2 rings (SSSR count). The molecule has 0 N–H and O–H groups in total. The van der Waals surface area contributed by atoms with E-state index in [1.807, 2.05) is 13.8 Å². The normalized spacial score (nSPS) is 24.2. The Bertz CT molecular complexity index is 125. The molecule has 0 aromatic heterocycles. The van der Waals surface area contributed by atoms with E-state index in [4.69, 9.17) is 0 Å². The predicted molar refractivity (Wildman–Crippen MR) is 53.6 cm³/mol. The Morgan fingerprint density at radius 3 is 2.31 bits per heavy atom. The van der Waals surface area contributed by atoms with Gasteiger partial charge in [0.2, 0.25) is 0 Å². The minimum atomic E-state index is 0. The molecule has 0 atom stereocenters. The molecule has 2 fully saturated rings. The maximum atomic E-state index is 4.40. The van der Waals surface area contributed by atoms with Crippen molar-refractivity contribution in [2.75, 3.05) is 32.7 Å². The molecule has 2 heterocycles. The van der Waals surface area contributed by atoms with Crippen molar-refractivity contribution in [3.05, 3.63) is 5.32 Å².